The van der Waals surface area contributed by atoms with Gasteiger partial charge in [-0.05, 0) is 30.4 Å². The minimum absolute atomic E-state index is 0.144. The van der Waals surface area contributed by atoms with Gasteiger partial charge in [0, 0.05) is 6.07 Å². The SMILES string of the molecule is CCCC(CC)c1ccc(OC)cc1F. The van der Waals surface area contributed by atoms with E-state index < -0.39 is 0 Å². The van der Waals surface area contributed by atoms with Crippen LogP contribution in [0, 0.1) is 5.82 Å². The number of hydrogen-bond donors (Lipinski definition) is 0. The van der Waals surface area contributed by atoms with Crippen molar-refractivity contribution < 1.29 is 9.13 Å². The van der Waals surface area contributed by atoms with Gasteiger partial charge in [0.2, 0.25) is 0 Å². The van der Waals surface area contributed by atoms with E-state index in [2.05, 4.69) is 13.8 Å². The van der Waals surface area contributed by atoms with Crippen molar-refractivity contribution in [3.8, 4) is 5.75 Å². The van der Waals surface area contributed by atoms with Crippen molar-refractivity contribution in [2.24, 2.45) is 0 Å². The summed E-state index contributed by atoms with van der Waals surface area (Å²) in [6, 6.07) is 5.14. The van der Waals surface area contributed by atoms with Crippen LogP contribution in [0.3, 0.4) is 0 Å². The van der Waals surface area contributed by atoms with Crippen molar-refractivity contribution in [2.45, 2.75) is 39.0 Å². The maximum absolute atomic E-state index is 13.7. The Kier molecular flexibility index (Phi) is 4.60. The van der Waals surface area contributed by atoms with E-state index >= 15 is 0 Å². The highest BCUT2D eigenvalue weighted by Gasteiger charge is 2.13. The average Bonchev–Trinajstić information content (AvgIpc) is 2.26. The summed E-state index contributed by atoms with van der Waals surface area (Å²) in [4.78, 5) is 0. The molecule has 0 aliphatic carbocycles. The third-order valence-corrected chi connectivity index (χ3v) is 2.78. The predicted molar refractivity (Wildman–Crippen MR) is 60.9 cm³/mol. The summed E-state index contributed by atoms with van der Waals surface area (Å²) in [6.45, 7) is 4.23. The second-order valence-corrected chi connectivity index (χ2v) is 3.78. The molecule has 1 aromatic carbocycles. The van der Waals surface area contributed by atoms with Crippen LogP contribution in [-0.4, -0.2) is 7.11 Å². The van der Waals surface area contributed by atoms with Crippen molar-refractivity contribution in [2.75, 3.05) is 7.11 Å². The Bertz CT molecular complexity index is 309. The first-order valence-electron chi connectivity index (χ1n) is 5.56. The van der Waals surface area contributed by atoms with E-state index in [9.17, 15) is 4.39 Å². The van der Waals surface area contributed by atoms with Crippen LogP contribution in [-0.2, 0) is 0 Å². The molecule has 15 heavy (non-hydrogen) atoms. The lowest BCUT2D eigenvalue weighted by Crippen LogP contribution is -2.00. The van der Waals surface area contributed by atoms with Crippen molar-refractivity contribution in [1.29, 1.82) is 0 Å². The van der Waals surface area contributed by atoms with Gasteiger partial charge >= 0.3 is 0 Å². The molecule has 0 aliphatic heterocycles. The lowest BCUT2D eigenvalue weighted by Gasteiger charge is -2.15. The number of rotatable bonds is 5. The second-order valence-electron chi connectivity index (χ2n) is 3.78. The van der Waals surface area contributed by atoms with E-state index in [0.717, 1.165) is 24.8 Å². The summed E-state index contributed by atoms with van der Waals surface area (Å²) in [5.41, 5.74) is 0.820. The zero-order valence-corrected chi connectivity index (χ0v) is 9.72. The summed E-state index contributed by atoms with van der Waals surface area (Å²) >= 11 is 0. The van der Waals surface area contributed by atoms with Crippen LogP contribution in [0.4, 0.5) is 4.39 Å². The van der Waals surface area contributed by atoms with Crippen molar-refractivity contribution >= 4 is 0 Å². The van der Waals surface area contributed by atoms with E-state index in [4.69, 9.17) is 4.74 Å². The Morgan fingerprint density at radius 3 is 2.53 bits per heavy atom. The first kappa shape index (κ1) is 12.0. The Balaban J connectivity index is 2.92. The molecule has 1 unspecified atom stereocenters. The van der Waals surface area contributed by atoms with Crippen LogP contribution < -0.4 is 4.74 Å². The largest absolute Gasteiger partial charge is 0.497 e. The van der Waals surface area contributed by atoms with Gasteiger partial charge in [-0.1, -0.05) is 26.3 Å². The standard InChI is InChI=1S/C13H19FO/c1-4-6-10(5-2)12-8-7-11(15-3)9-13(12)14/h7-10H,4-6H2,1-3H3. The highest BCUT2D eigenvalue weighted by molar-refractivity contribution is 5.31. The molecule has 84 valence electrons. The van der Waals surface area contributed by atoms with Gasteiger partial charge in [-0.2, -0.15) is 0 Å². The minimum atomic E-state index is -0.144. The van der Waals surface area contributed by atoms with Crippen LogP contribution in [0.25, 0.3) is 0 Å². The van der Waals surface area contributed by atoms with Gasteiger partial charge in [-0.3, -0.25) is 0 Å². The molecule has 0 amide bonds. The van der Waals surface area contributed by atoms with Crippen molar-refractivity contribution in [3.63, 3.8) is 0 Å². The number of ether oxygens (including phenoxy) is 1. The third-order valence-electron chi connectivity index (χ3n) is 2.78. The van der Waals surface area contributed by atoms with E-state index in [0.29, 0.717) is 11.7 Å². The van der Waals surface area contributed by atoms with Gasteiger partial charge in [-0.25, -0.2) is 4.39 Å². The molecule has 0 heterocycles. The quantitative estimate of drug-likeness (QED) is 0.710. The zero-order chi connectivity index (χ0) is 11.3. The number of benzene rings is 1. The predicted octanol–water partition coefficient (Wildman–Crippen LogP) is 4.13. The summed E-state index contributed by atoms with van der Waals surface area (Å²) < 4.78 is 18.7. The van der Waals surface area contributed by atoms with Crippen LogP contribution >= 0.6 is 0 Å². The summed E-state index contributed by atoms with van der Waals surface area (Å²) in [6.07, 6.45) is 3.11. The molecule has 0 saturated heterocycles. The molecule has 1 atom stereocenters. The van der Waals surface area contributed by atoms with Crippen LogP contribution in [0.15, 0.2) is 18.2 Å². The molecule has 0 aliphatic rings. The van der Waals surface area contributed by atoms with Gasteiger partial charge in [-0.15, -0.1) is 0 Å². The van der Waals surface area contributed by atoms with Crippen molar-refractivity contribution in [3.05, 3.63) is 29.6 Å². The number of hydrogen-bond acceptors (Lipinski definition) is 1. The summed E-state index contributed by atoms with van der Waals surface area (Å²) in [5, 5.41) is 0. The lowest BCUT2D eigenvalue weighted by atomic mass is 9.92. The molecular formula is C13H19FO. The molecular weight excluding hydrogens is 191 g/mol. The van der Waals surface area contributed by atoms with Gasteiger partial charge in [0.1, 0.15) is 11.6 Å². The Labute approximate surface area is 91.3 Å². The molecule has 0 spiro atoms. The maximum Gasteiger partial charge on any atom is 0.130 e. The Morgan fingerprint density at radius 2 is 2.07 bits per heavy atom. The highest BCUT2D eigenvalue weighted by Crippen LogP contribution is 2.28. The van der Waals surface area contributed by atoms with E-state index in [1.165, 1.54) is 6.07 Å². The molecule has 2 heteroatoms. The van der Waals surface area contributed by atoms with E-state index in [-0.39, 0.29) is 5.82 Å². The fourth-order valence-electron chi connectivity index (χ4n) is 1.89. The van der Waals surface area contributed by atoms with Crippen LogP contribution in [0.1, 0.15) is 44.6 Å². The fourth-order valence-corrected chi connectivity index (χ4v) is 1.89. The molecule has 1 aromatic rings. The average molecular weight is 210 g/mol. The molecule has 0 N–H and O–H groups in total. The molecule has 1 nitrogen and oxygen atoms in total. The lowest BCUT2D eigenvalue weighted by molar-refractivity contribution is 0.409. The first-order chi connectivity index (χ1) is 7.22. The highest BCUT2D eigenvalue weighted by atomic mass is 19.1. The second kappa shape index (κ2) is 5.74. The normalized spacial score (nSPS) is 12.5. The van der Waals surface area contributed by atoms with Crippen LogP contribution in [0.2, 0.25) is 0 Å². The topological polar surface area (TPSA) is 9.23 Å². The Morgan fingerprint density at radius 1 is 1.33 bits per heavy atom. The van der Waals surface area contributed by atoms with Crippen LogP contribution in [0.5, 0.6) is 5.75 Å². The van der Waals surface area contributed by atoms with Gasteiger partial charge in [0.15, 0.2) is 0 Å². The summed E-state index contributed by atoms with van der Waals surface area (Å²) in [5.74, 6) is 0.776. The number of halogens is 1. The van der Waals surface area contributed by atoms with E-state index in [1.807, 2.05) is 12.1 Å². The van der Waals surface area contributed by atoms with Gasteiger partial charge in [0.05, 0.1) is 7.11 Å². The smallest absolute Gasteiger partial charge is 0.130 e. The third kappa shape index (κ3) is 2.95. The molecule has 0 saturated carbocycles. The number of methoxy groups -OCH3 is 1. The van der Waals surface area contributed by atoms with Gasteiger partial charge in [0.25, 0.3) is 0 Å². The molecule has 0 fully saturated rings. The maximum atomic E-state index is 13.7. The fraction of sp³-hybridized carbons (Fsp3) is 0.538. The molecule has 0 aromatic heterocycles. The molecule has 1 rings (SSSR count). The minimum Gasteiger partial charge on any atom is -0.497 e. The first-order valence-corrected chi connectivity index (χ1v) is 5.56. The van der Waals surface area contributed by atoms with Gasteiger partial charge < -0.3 is 4.74 Å². The van der Waals surface area contributed by atoms with Crippen molar-refractivity contribution in [1.82, 2.24) is 0 Å². The molecule has 0 radical (unpaired) electrons. The monoisotopic (exact) mass is 210 g/mol. The molecule has 0 bridgehead atoms. The zero-order valence-electron chi connectivity index (χ0n) is 9.72. The summed E-state index contributed by atoms with van der Waals surface area (Å²) in [7, 11) is 1.55. The van der Waals surface area contributed by atoms with E-state index in [1.54, 1.807) is 7.11 Å². The Hall–Kier alpha value is -1.05.